The van der Waals surface area contributed by atoms with Crippen LogP contribution >= 0.6 is 19.3 Å². The number of nitrogen functional groups attached to an aromatic ring is 1. The van der Waals surface area contributed by atoms with Gasteiger partial charge in [0, 0.05) is 12.7 Å². The minimum atomic E-state index is -3.60. The summed E-state index contributed by atoms with van der Waals surface area (Å²) in [6.45, 7) is 8.62. The summed E-state index contributed by atoms with van der Waals surface area (Å²) < 4.78 is 31.7. The van der Waals surface area contributed by atoms with E-state index in [1.54, 1.807) is 31.7 Å². The summed E-state index contributed by atoms with van der Waals surface area (Å²) >= 11 is 1.06. The van der Waals surface area contributed by atoms with Crippen LogP contribution in [0.4, 0.5) is 5.82 Å². The van der Waals surface area contributed by atoms with Crippen molar-refractivity contribution < 1.29 is 28.2 Å². The lowest BCUT2D eigenvalue weighted by molar-refractivity contribution is -0.149. The van der Waals surface area contributed by atoms with Crippen molar-refractivity contribution in [2.24, 2.45) is 0 Å². The molecule has 184 valence electrons. The predicted octanol–water partition coefficient (Wildman–Crippen LogP) is 2.19. The van der Waals surface area contributed by atoms with E-state index in [1.165, 1.54) is 20.2 Å². The van der Waals surface area contributed by atoms with Crippen LogP contribution in [0.25, 0.3) is 11.2 Å². The van der Waals surface area contributed by atoms with Gasteiger partial charge in [-0.15, -0.1) is 0 Å². The lowest BCUT2D eigenvalue weighted by Gasteiger charge is -2.25. The molecule has 0 fully saturated rings. The number of carbonyl (C=O) groups is 2. The number of thioether (sulfide) groups is 1. The van der Waals surface area contributed by atoms with Crippen molar-refractivity contribution in [1.29, 1.82) is 0 Å². The zero-order valence-corrected chi connectivity index (χ0v) is 21.1. The maximum Gasteiger partial charge on any atom is 0.323 e. The zero-order chi connectivity index (χ0) is 24.6. The standard InChI is InChI=1S/C19H31N6O6PS/c1-12(2)31-19(27)14(4)24-32(28,30-6-7-33-15(5)26)11-29-13(3)8-25-10-23-16-17(20)21-9-22-18(16)25/h9-10,12-14H,6-8,11H2,1-5H3,(H,24,28)(H2,20,21,22)/t13-,14+,32+/m1/s1. The summed E-state index contributed by atoms with van der Waals surface area (Å²) in [5, 5.41) is 2.65. The van der Waals surface area contributed by atoms with Gasteiger partial charge in [-0.3, -0.25) is 14.2 Å². The third-order valence-corrected chi connectivity index (χ3v) is 6.84. The molecule has 2 aromatic rings. The van der Waals surface area contributed by atoms with Gasteiger partial charge in [-0.1, -0.05) is 11.8 Å². The summed E-state index contributed by atoms with van der Waals surface area (Å²) in [6.07, 6.45) is 1.92. The molecule has 0 aliphatic carbocycles. The number of fused-ring (bicyclic) bond motifs is 1. The average molecular weight is 503 g/mol. The Bertz CT molecular complexity index is 1000. The van der Waals surface area contributed by atoms with Gasteiger partial charge in [-0.2, -0.15) is 0 Å². The first kappa shape index (κ1) is 27.2. The van der Waals surface area contributed by atoms with Gasteiger partial charge in [0.1, 0.15) is 24.2 Å². The molecule has 12 nitrogen and oxygen atoms in total. The molecular weight excluding hydrogens is 471 g/mol. The number of nitrogens with one attached hydrogen (secondary N) is 1. The van der Waals surface area contributed by atoms with Gasteiger partial charge in [0.15, 0.2) is 16.6 Å². The number of anilines is 1. The molecule has 0 bridgehead atoms. The van der Waals surface area contributed by atoms with E-state index < -0.39 is 25.6 Å². The second kappa shape index (κ2) is 12.4. The molecule has 3 N–H and O–H groups in total. The van der Waals surface area contributed by atoms with E-state index in [4.69, 9.17) is 19.7 Å². The molecular formula is C19H31N6O6PS. The fourth-order valence-electron chi connectivity index (χ4n) is 2.75. The van der Waals surface area contributed by atoms with Crippen LogP contribution in [-0.2, 0) is 34.7 Å². The molecule has 14 heteroatoms. The first-order valence-corrected chi connectivity index (χ1v) is 13.2. The predicted molar refractivity (Wildman–Crippen MR) is 126 cm³/mol. The van der Waals surface area contributed by atoms with Crippen molar-refractivity contribution in [3.05, 3.63) is 12.7 Å². The van der Waals surface area contributed by atoms with Crippen molar-refractivity contribution in [3.8, 4) is 0 Å². The number of aromatic nitrogens is 4. The Hall–Kier alpha value is -2.05. The van der Waals surface area contributed by atoms with Crippen molar-refractivity contribution >= 4 is 47.3 Å². The summed E-state index contributed by atoms with van der Waals surface area (Å²) in [6, 6.07) is -0.880. The normalized spacial score (nSPS) is 15.3. The maximum atomic E-state index is 13.4. The first-order valence-electron chi connectivity index (χ1n) is 10.4. The SMILES string of the molecule is CC(=O)SCCO[P@@](=O)(CO[C@H](C)Cn1cnc2c(N)ncnc21)N[C@@H](C)C(=O)OC(C)C. The summed E-state index contributed by atoms with van der Waals surface area (Å²) in [5.41, 5.74) is 6.86. The molecule has 2 aromatic heterocycles. The quantitative estimate of drug-likeness (QED) is 0.234. The topological polar surface area (TPSA) is 161 Å². The number of hydrogen-bond acceptors (Lipinski definition) is 11. The van der Waals surface area contributed by atoms with Crippen LogP contribution in [0.5, 0.6) is 0 Å². The maximum absolute atomic E-state index is 13.4. The Morgan fingerprint density at radius 1 is 1.24 bits per heavy atom. The molecule has 0 unspecified atom stereocenters. The Labute approximate surface area is 196 Å². The van der Waals surface area contributed by atoms with Gasteiger partial charge in [-0.05, 0) is 27.7 Å². The molecule has 0 radical (unpaired) electrons. The lowest BCUT2D eigenvalue weighted by atomic mass is 10.4. The van der Waals surface area contributed by atoms with E-state index in [-0.39, 0.29) is 30.0 Å². The number of imidazole rings is 1. The summed E-state index contributed by atoms with van der Waals surface area (Å²) in [5.74, 6) is 0.0473. The van der Waals surface area contributed by atoms with Crippen LogP contribution in [0.2, 0.25) is 0 Å². The molecule has 0 aliphatic rings. The second-order valence-corrected chi connectivity index (χ2v) is 11.0. The van der Waals surface area contributed by atoms with Crippen molar-refractivity contribution in [3.63, 3.8) is 0 Å². The van der Waals surface area contributed by atoms with Crippen LogP contribution < -0.4 is 10.8 Å². The van der Waals surface area contributed by atoms with E-state index in [0.717, 1.165) is 11.8 Å². The minimum absolute atomic E-state index is 0.0422. The van der Waals surface area contributed by atoms with E-state index >= 15 is 0 Å². The average Bonchev–Trinajstić information content (AvgIpc) is 3.13. The highest BCUT2D eigenvalue weighted by molar-refractivity contribution is 8.13. The molecule has 33 heavy (non-hydrogen) atoms. The molecule has 3 atom stereocenters. The van der Waals surface area contributed by atoms with Crippen LogP contribution in [-0.4, -0.2) is 67.6 Å². The highest BCUT2D eigenvalue weighted by Crippen LogP contribution is 2.43. The molecule has 2 heterocycles. The van der Waals surface area contributed by atoms with Gasteiger partial charge < -0.3 is 24.3 Å². The second-order valence-electron chi connectivity index (χ2n) is 7.62. The molecule has 0 spiro atoms. The van der Waals surface area contributed by atoms with Gasteiger partial charge in [0.05, 0.1) is 31.7 Å². The van der Waals surface area contributed by atoms with Gasteiger partial charge in [-0.25, -0.2) is 20.0 Å². The number of hydrogen-bond donors (Lipinski definition) is 2. The van der Waals surface area contributed by atoms with Gasteiger partial charge >= 0.3 is 5.97 Å². The van der Waals surface area contributed by atoms with Crippen molar-refractivity contribution in [2.75, 3.05) is 24.4 Å². The smallest absolute Gasteiger partial charge is 0.323 e. The highest BCUT2D eigenvalue weighted by atomic mass is 32.2. The third kappa shape index (κ3) is 8.67. The van der Waals surface area contributed by atoms with E-state index in [0.29, 0.717) is 23.5 Å². The zero-order valence-electron chi connectivity index (χ0n) is 19.4. The molecule has 2 rings (SSSR count). The summed E-state index contributed by atoms with van der Waals surface area (Å²) in [4.78, 5) is 35.6. The first-order chi connectivity index (χ1) is 15.5. The fraction of sp³-hybridized carbons (Fsp3) is 0.632. The number of carbonyl (C=O) groups excluding carboxylic acids is 2. The van der Waals surface area contributed by atoms with Gasteiger partial charge in [0.2, 0.25) is 0 Å². The van der Waals surface area contributed by atoms with Crippen LogP contribution in [0.3, 0.4) is 0 Å². The Kier molecular flexibility index (Phi) is 10.2. The lowest BCUT2D eigenvalue weighted by Crippen LogP contribution is -2.36. The molecule has 0 aromatic carbocycles. The van der Waals surface area contributed by atoms with Crippen LogP contribution in [0.15, 0.2) is 12.7 Å². The molecule has 0 aliphatic heterocycles. The Morgan fingerprint density at radius 3 is 2.64 bits per heavy atom. The van der Waals surface area contributed by atoms with Crippen LogP contribution in [0.1, 0.15) is 34.6 Å². The van der Waals surface area contributed by atoms with Gasteiger partial charge in [0.25, 0.3) is 7.52 Å². The number of rotatable bonds is 13. The molecule has 0 saturated heterocycles. The number of nitrogens with two attached hydrogens (primary N) is 1. The summed E-state index contributed by atoms with van der Waals surface area (Å²) in [7, 11) is -3.60. The number of ether oxygens (including phenoxy) is 2. The van der Waals surface area contributed by atoms with E-state index in [9.17, 15) is 14.2 Å². The highest BCUT2D eigenvalue weighted by Gasteiger charge is 2.30. The third-order valence-electron chi connectivity index (χ3n) is 4.20. The van der Waals surface area contributed by atoms with Crippen LogP contribution in [0, 0.1) is 0 Å². The largest absolute Gasteiger partial charge is 0.462 e. The minimum Gasteiger partial charge on any atom is -0.462 e. The Balaban J connectivity index is 2.02. The number of nitrogens with zero attached hydrogens (tertiary/aromatic N) is 4. The molecule has 0 amide bonds. The van der Waals surface area contributed by atoms with E-state index in [2.05, 4.69) is 20.0 Å². The van der Waals surface area contributed by atoms with Crippen molar-refractivity contribution in [2.45, 2.75) is 59.4 Å². The fourth-order valence-corrected chi connectivity index (χ4v) is 5.09. The van der Waals surface area contributed by atoms with E-state index in [1.807, 2.05) is 0 Å². The van der Waals surface area contributed by atoms with Crippen molar-refractivity contribution in [1.82, 2.24) is 24.6 Å². The molecule has 0 saturated carbocycles. The Morgan fingerprint density at radius 2 is 1.97 bits per heavy atom. The number of esters is 1. The monoisotopic (exact) mass is 502 g/mol.